The second-order valence-corrected chi connectivity index (χ2v) is 3.03. The van der Waals surface area contributed by atoms with E-state index in [2.05, 4.69) is 10.1 Å². The van der Waals surface area contributed by atoms with E-state index < -0.39 is 6.09 Å². The van der Waals surface area contributed by atoms with Crippen molar-refractivity contribution in [1.82, 2.24) is 19.7 Å². The van der Waals surface area contributed by atoms with Gasteiger partial charge in [-0.3, -0.25) is 4.90 Å². The summed E-state index contributed by atoms with van der Waals surface area (Å²) in [5.41, 5.74) is 0. The first kappa shape index (κ1) is 8.95. The van der Waals surface area contributed by atoms with Gasteiger partial charge in [0.2, 0.25) is 0 Å². The zero-order chi connectivity index (χ0) is 10.1. The normalized spacial score (nSPS) is 15.4. The Balaban J connectivity index is 2.21. The number of rotatable bonds is 1. The predicted octanol–water partition coefficient (Wildman–Crippen LogP) is -0.736. The van der Waals surface area contributed by atoms with E-state index in [9.17, 15) is 4.79 Å². The monoisotopic (exact) mass is 198 g/mol. The fraction of sp³-hybridized carbons (Fsp3) is 0.571. The minimum atomic E-state index is -0.954. The second kappa shape index (κ2) is 3.26. The van der Waals surface area contributed by atoms with Gasteiger partial charge in [-0.25, -0.2) is 14.5 Å². The Bertz CT molecular complexity index is 362. The van der Waals surface area contributed by atoms with E-state index in [-0.39, 0.29) is 13.2 Å². The van der Waals surface area contributed by atoms with E-state index in [4.69, 9.17) is 10.2 Å². The number of aliphatic hydroxyl groups excluding tert-OH is 1. The zero-order valence-electron chi connectivity index (χ0n) is 7.42. The minimum Gasteiger partial charge on any atom is -0.465 e. The van der Waals surface area contributed by atoms with Crippen molar-refractivity contribution in [1.29, 1.82) is 0 Å². The first-order valence-electron chi connectivity index (χ1n) is 4.22. The summed E-state index contributed by atoms with van der Waals surface area (Å²) in [7, 11) is 0. The number of hydrogen-bond acceptors (Lipinski definition) is 4. The summed E-state index contributed by atoms with van der Waals surface area (Å²) in [5, 5.41) is 21.5. The van der Waals surface area contributed by atoms with E-state index >= 15 is 0 Å². The van der Waals surface area contributed by atoms with Crippen molar-refractivity contribution in [3.8, 4) is 0 Å². The van der Waals surface area contributed by atoms with E-state index in [0.717, 1.165) is 0 Å². The first-order chi connectivity index (χ1) is 6.70. The summed E-state index contributed by atoms with van der Waals surface area (Å²) in [4.78, 5) is 15.9. The number of aromatic nitrogens is 3. The van der Waals surface area contributed by atoms with Gasteiger partial charge in [0.1, 0.15) is 12.4 Å². The van der Waals surface area contributed by atoms with Gasteiger partial charge in [0, 0.05) is 6.54 Å². The molecule has 76 valence electrons. The molecule has 0 radical (unpaired) electrons. The minimum absolute atomic E-state index is 0.215. The van der Waals surface area contributed by atoms with Crippen molar-refractivity contribution in [3.05, 3.63) is 11.6 Å². The van der Waals surface area contributed by atoms with E-state index in [1.807, 2.05) is 0 Å². The predicted molar refractivity (Wildman–Crippen MR) is 44.4 cm³/mol. The van der Waals surface area contributed by atoms with Crippen LogP contribution in [0.3, 0.4) is 0 Å². The lowest BCUT2D eigenvalue weighted by Crippen LogP contribution is -2.37. The molecule has 7 heteroatoms. The lowest BCUT2D eigenvalue weighted by atomic mass is 10.4. The molecule has 0 saturated carbocycles. The largest absolute Gasteiger partial charge is 0.465 e. The van der Waals surface area contributed by atoms with Gasteiger partial charge in [0.05, 0.1) is 13.1 Å². The van der Waals surface area contributed by atoms with Gasteiger partial charge in [-0.15, -0.1) is 0 Å². The molecule has 2 N–H and O–H groups in total. The SMILES string of the molecule is O=C(O)N1CCn2nc(CO)nc2C1. The smallest absolute Gasteiger partial charge is 0.407 e. The molecule has 0 bridgehead atoms. The number of carboxylic acid groups (broad SMARTS) is 1. The van der Waals surface area contributed by atoms with Crippen LogP contribution < -0.4 is 0 Å². The highest BCUT2D eigenvalue weighted by Gasteiger charge is 2.22. The molecule has 0 atom stereocenters. The summed E-state index contributed by atoms with van der Waals surface area (Å²) in [6.07, 6.45) is -0.954. The van der Waals surface area contributed by atoms with Crippen LogP contribution >= 0.6 is 0 Å². The molecule has 0 saturated heterocycles. The maximum atomic E-state index is 10.7. The topological polar surface area (TPSA) is 91.5 Å². The van der Waals surface area contributed by atoms with Crippen LogP contribution in [0.2, 0.25) is 0 Å². The van der Waals surface area contributed by atoms with Crippen molar-refractivity contribution >= 4 is 6.09 Å². The molecule has 0 aliphatic carbocycles. The molecule has 1 amide bonds. The van der Waals surface area contributed by atoms with Crippen LogP contribution in [0.5, 0.6) is 0 Å². The first-order valence-corrected chi connectivity index (χ1v) is 4.22. The Morgan fingerprint density at radius 1 is 1.50 bits per heavy atom. The third kappa shape index (κ3) is 1.41. The molecule has 0 spiro atoms. The highest BCUT2D eigenvalue weighted by Crippen LogP contribution is 2.09. The quantitative estimate of drug-likeness (QED) is 0.620. The third-order valence-electron chi connectivity index (χ3n) is 2.12. The summed E-state index contributed by atoms with van der Waals surface area (Å²) in [5.74, 6) is 0.926. The van der Waals surface area contributed by atoms with E-state index in [1.54, 1.807) is 4.68 Å². The van der Waals surface area contributed by atoms with Crippen molar-refractivity contribution in [3.63, 3.8) is 0 Å². The Kier molecular flexibility index (Phi) is 2.08. The molecule has 14 heavy (non-hydrogen) atoms. The molecule has 0 aromatic carbocycles. The maximum absolute atomic E-state index is 10.7. The molecule has 7 nitrogen and oxygen atoms in total. The molecule has 0 fully saturated rings. The van der Waals surface area contributed by atoms with Crippen molar-refractivity contribution in [2.24, 2.45) is 0 Å². The standard InChI is InChI=1S/C7H10N4O3/c12-4-5-8-6-3-10(7(13)14)1-2-11(6)9-5/h12H,1-4H2,(H,13,14). The molecule has 1 aliphatic heterocycles. The van der Waals surface area contributed by atoms with Crippen LogP contribution in [-0.2, 0) is 19.7 Å². The summed E-state index contributed by atoms with van der Waals surface area (Å²) in [6.45, 7) is 0.931. The number of hydrogen-bond donors (Lipinski definition) is 2. The number of aliphatic hydroxyl groups is 1. The number of amides is 1. The number of fused-ring (bicyclic) bond motifs is 1. The fourth-order valence-corrected chi connectivity index (χ4v) is 1.42. The lowest BCUT2D eigenvalue weighted by Gasteiger charge is -2.23. The second-order valence-electron chi connectivity index (χ2n) is 3.03. The molecule has 2 heterocycles. The van der Waals surface area contributed by atoms with Crippen LogP contribution in [0.15, 0.2) is 0 Å². The van der Waals surface area contributed by atoms with Crippen molar-refractivity contribution in [2.45, 2.75) is 19.7 Å². The van der Waals surface area contributed by atoms with Gasteiger partial charge >= 0.3 is 6.09 Å². The van der Waals surface area contributed by atoms with Gasteiger partial charge in [0.25, 0.3) is 0 Å². The zero-order valence-corrected chi connectivity index (χ0v) is 7.42. The summed E-state index contributed by atoms with van der Waals surface area (Å²) >= 11 is 0. The maximum Gasteiger partial charge on any atom is 0.407 e. The third-order valence-corrected chi connectivity index (χ3v) is 2.12. The molecular formula is C7H10N4O3. The van der Waals surface area contributed by atoms with Gasteiger partial charge in [-0.1, -0.05) is 0 Å². The van der Waals surface area contributed by atoms with Crippen LogP contribution in [0.4, 0.5) is 4.79 Å². The van der Waals surface area contributed by atoms with Gasteiger partial charge in [-0.05, 0) is 0 Å². The van der Waals surface area contributed by atoms with Gasteiger partial charge < -0.3 is 10.2 Å². The van der Waals surface area contributed by atoms with Gasteiger partial charge in [-0.2, -0.15) is 5.10 Å². The Morgan fingerprint density at radius 2 is 2.29 bits per heavy atom. The Hall–Kier alpha value is -1.63. The molecule has 0 unspecified atom stereocenters. The van der Waals surface area contributed by atoms with Crippen LogP contribution in [0, 0.1) is 0 Å². The summed E-state index contributed by atoms with van der Waals surface area (Å²) in [6, 6.07) is 0. The number of carbonyl (C=O) groups is 1. The molecular weight excluding hydrogens is 188 g/mol. The highest BCUT2D eigenvalue weighted by molar-refractivity contribution is 5.64. The summed E-state index contributed by atoms with van der Waals surface area (Å²) < 4.78 is 1.63. The van der Waals surface area contributed by atoms with Crippen LogP contribution in [-0.4, -0.2) is 42.5 Å². The molecule has 1 aliphatic rings. The van der Waals surface area contributed by atoms with Crippen molar-refractivity contribution in [2.75, 3.05) is 6.54 Å². The van der Waals surface area contributed by atoms with E-state index in [1.165, 1.54) is 4.90 Å². The molecule has 1 aromatic rings. The van der Waals surface area contributed by atoms with Crippen molar-refractivity contribution < 1.29 is 15.0 Å². The Morgan fingerprint density at radius 3 is 2.93 bits per heavy atom. The van der Waals surface area contributed by atoms with E-state index in [0.29, 0.717) is 24.7 Å². The lowest BCUT2D eigenvalue weighted by molar-refractivity contribution is 0.130. The fourth-order valence-electron chi connectivity index (χ4n) is 1.42. The highest BCUT2D eigenvalue weighted by atomic mass is 16.4. The van der Waals surface area contributed by atoms with Crippen LogP contribution in [0.1, 0.15) is 11.6 Å². The van der Waals surface area contributed by atoms with Gasteiger partial charge in [0.15, 0.2) is 5.82 Å². The Labute approximate surface area is 79.6 Å². The van der Waals surface area contributed by atoms with Crippen LogP contribution in [0.25, 0.3) is 0 Å². The average Bonchev–Trinajstić information content (AvgIpc) is 2.58. The molecule has 2 rings (SSSR count). The number of nitrogens with zero attached hydrogens (tertiary/aromatic N) is 4. The molecule has 1 aromatic heterocycles. The average molecular weight is 198 g/mol.